The Bertz CT molecular complexity index is 981. The normalized spacial score (nSPS) is 12.5. The van der Waals surface area contributed by atoms with Gasteiger partial charge in [0, 0.05) is 15.5 Å². The van der Waals surface area contributed by atoms with Crippen LogP contribution in [-0.2, 0) is 20.8 Å². The van der Waals surface area contributed by atoms with Crippen molar-refractivity contribution in [2.45, 2.75) is 21.6 Å². The lowest BCUT2D eigenvalue weighted by Crippen LogP contribution is -2.12. The first kappa shape index (κ1) is 17.4. The maximum Gasteiger partial charge on any atom is 0.261 e. The van der Waals surface area contributed by atoms with Gasteiger partial charge < -0.3 is 0 Å². The number of sulfonamides is 1. The third-order valence-corrected chi connectivity index (χ3v) is 6.41. The highest BCUT2D eigenvalue weighted by molar-refractivity contribution is 7.92. The summed E-state index contributed by atoms with van der Waals surface area (Å²) in [4.78, 5) is 1.52. The molecule has 1 atom stereocenters. The fourth-order valence-electron chi connectivity index (χ4n) is 2.26. The molecule has 0 aliphatic rings. The first-order valence-electron chi connectivity index (χ1n) is 7.62. The van der Waals surface area contributed by atoms with Gasteiger partial charge in [0.1, 0.15) is 0 Å². The smallest absolute Gasteiger partial charge is 0.261 e. The van der Waals surface area contributed by atoms with Crippen molar-refractivity contribution in [3.05, 3.63) is 84.4 Å². The summed E-state index contributed by atoms with van der Waals surface area (Å²) >= 11 is 0. The van der Waals surface area contributed by atoms with Gasteiger partial charge in [0.2, 0.25) is 0 Å². The Kier molecular flexibility index (Phi) is 5.01. The van der Waals surface area contributed by atoms with E-state index in [0.717, 1.165) is 5.56 Å². The predicted molar refractivity (Wildman–Crippen MR) is 99.5 cm³/mol. The Morgan fingerprint density at radius 1 is 0.760 bits per heavy atom. The van der Waals surface area contributed by atoms with Crippen LogP contribution in [0.4, 0.5) is 5.69 Å². The second kappa shape index (κ2) is 7.21. The van der Waals surface area contributed by atoms with Gasteiger partial charge in [-0.15, -0.1) is 0 Å². The van der Waals surface area contributed by atoms with Crippen LogP contribution in [0.1, 0.15) is 5.56 Å². The minimum absolute atomic E-state index is 0.204. The van der Waals surface area contributed by atoms with Crippen LogP contribution in [0.2, 0.25) is 0 Å². The fourth-order valence-corrected chi connectivity index (χ4v) is 4.38. The van der Waals surface area contributed by atoms with Crippen molar-refractivity contribution in [3.8, 4) is 0 Å². The SMILES string of the molecule is Cc1ccc(S(=O)(=O)Nc2ccc(S(=O)c3ccccc3)cc2)cc1. The Labute approximate surface area is 150 Å². The lowest BCUT2D eigenvalue weighted by Gasteiger charge is -2.09. The Morgan fingerprint density at radius 3 is 1.92 bits per heavy atom. The minimum Gasteiger partial charge on any atom is -0.280 e. The zero-order valence-electron chi connectivity index (χ0n) is 13.5. The molecule has 0 radical (unpaired) electrons. The van der Waals surface area contributed by atoms with E-state index in [0.29, 0.717) is 15.5 Å². The summed E-state index contributed by atoms with van der Waals surface area (Å²) in [6, 6.07) is 22.3. The lowest BCUT2D eigenvalue weighted by molar-refractivity contribution is 0.601. The average Bonchev–Trinajstić information content (AvgIpc) is 2.62. The number of anilines is 1. The molecule has 0 spiro atoms. The van der Waals surface area contributed by atoms with E-state index in [9.17, 15) is 12.6 Å². The van der Waals surface area contributed by atoms with Gasteiger partial charge >= 0.3 is 0 Å². The highest BCUT2D eigenvalue weighted by Gasteiger charge is 2.14. The van der Waals surface area contributed by atoms with E-state index in [1.54, 1.807) is 60.7 Å². The Hall–Kier alpha value is -2.44. The molecule has 128 valence electrons. The van der Waals surface area contributed by atoms with E-state index in [1.807, 2.05) is 25.1 Å². The number of benzene rings is 3. The van der Waals surface area contributed by atoms with Gasteiger partial charge in [-0.25, -0.2) is 12.6 Å². The van der Waals surface area contributed by atoms with Crippen LogP contribution in [0.3, 0.4) is 0 Å². The highest BCUT2D eigenvalue weighted by Crippen LogP contribution is 2.21. The van der Waals surface area contributed by atoms with Crippen LogP contribution in [0.15, 0.2) is 93.5 Å². The lowest BCUT2D eigenvalue weighted by atomic mass is 10.2. The maximum absolute atomic E-state index is 12.5. The molecule has 0 amide bonds. The average molecular weight is 371 g/mol. The molecule has 0 aromatic heterocycles. The Balaban J connectivity index is 1.79. The van der Waals surface area contributed by atoms with Crippen LogP contribution >= 0.6 is 0 Å². The van der Waals surface area contributed by atoms with Crippen molar-refractivity contribution >= 4 is 26.5 Å². The minimum atomic E-state index is -3.64. The van der Waals surface area contributed by atoms with E-state index in [1.165, 1.54) is 0 Å². The third-order valence-electron chi connectivity index (χ3n) is 3.61. The second-order valence-electron chi connectivity index (χ2n) is 5.52. The molecule has 3 rings (SSSR count). The molecule has 1 unspecified atom stereocenters. The van der Waals surface area contributed by atoms with Crippen LogP contribution in [-0.4, -0.2) is 12.6 Å². The van der Waals surface area contributed by atoms with Gasteiger partial charge in [0.15, 0.2) is 0 Å². The highest BCUT2D eigenvalue weighted by atomic mass is 32.2. The summed E-state index contributed by atoms with van der Waals surface area (Å²) in [6.07, 6.45) is 0. The van der Waals surface area contributed by atoms with Gasteiger partial charge in [-0.05, 0) is 55.5 Å². The zero-order valence-corrected chi connectivity index (χ0v) is 15.2. The quantitative estimate of drug-likeness (QED) is 0.738. The molecule has 0 saturated heterocycles. The number of rotatable bonds is 5. The van der Waals surface area contributed by atoms with Gasteiger partial charge in [-0.1, -0.05) is 35.9 Å². The van der Waals surface area contributed by atoms with Gasteiger partial charge in [0.05, 0.1) is 15.7 Å². The Morgan fingerprint density at radius 2 is 1.32 bits per heavy atom. The van der Waals surface area contributed by atoms with Crippen LogP contribution in [0, 0.1) is 6.92 Å². The van der Waals surface area contributed by atoms with E-state index in [4.69, 9.17) is 0 Å². The molecular formula is C19H17NO3S2. The monoisotopic (exact) mass is 371 g/mol. The van der Waals surface area contributed by atoms with Crippen molar-refractivity contribution in [2.75, 3.05) is 4.72 Å². The number of hydrogen-bond donors (Lipinski definition) is 1. The number of hydrogen-bond acceptors (Lipinski definition) is 3. The van der Waals surface area contributed by atoms with Crippen LogP contribution in [0.5, 0.6) is 0 Å². The van der Waals surface area contributed by atoms with Crippen molar-refractivity contribution in [2.24, 2.45) is 0 Å². The zero-order chi connectivity index (χ0) is 17.9. The fraction of sp³-hybridized carbons (Fsp3) is 0.0526. The maximum atomic E-state index is 12.5. The summed E-state index contributed by atoms with van der Waals surface area (Å²) in [5.74, 6) is 0. The summed E-state index contributed by atoms with van der Waals surface area (Å²) in [5, 5.41) is 0. The molecule has 0 heterocycles. The molecule has 0 aliphatic heterocycles. The van der Waals surface area contributed by atoms with Crippen LogP contribution < -0.4 is 4.72 Å². The molecule has 0 aliphatic carbocycles. The second-order valence-corrected chi connectivity index (χ2v) is 8.69. The predicted octanol–water partition coefficient (Wildman–Crippen LogP) is 3.96. The molecule has 0 saturated carbocycles. The van der Waals surface area contributed by atoms with Gasteiger partial charge in [-0.2, -0.15) is 0 Å². The topological polar surface area (TPSA) is 63.2 Å². The molecule has 0 fully saturated rings. The van der Waals surface area contributed by atoms with Crippen molar-refractivity contribution < 1.29 is 12.6 Å². The number of aryl methyl sites for hydroxylation is 1. The third kappa shape index (κ3) is 4.15. The summed E-state index contributed by atoms with van der Waals surface area (Å²) in [5.41, 5.74) is 1.42. The van der Waals surface area contributed by atoms with Crippen molar-refractivity contribution in [1.29, 1.82) is 0 Å². The molecular weight excluding hydrogens is 354 g/mol. The molecule has 0 bridgehead atoms. The first-order valence-corrected chi connectivity index (χ1v) is 10.3. The van der Waals surface area contributed by atoms with E-state index < -0.39 is 20.8 Å². The van der Waals surface area contributed by atoms with Gasteiger partial charge in [0.25, 0.3) is 10.0 Å². The summed E-state index contributed by atoms with van der Waals surface area (Å²) < 4.78 is 39.8. The largest absolute Gasteiger partial charge is 0.280 e. The van der Waals surface area contributed by atoms with Gasteiger partial charge in [-0.3, -0.25) is 4.72 Å². The molecule has 3 aromatic carbocycles. The first-order chi connectivity index (χ1) is 12.0. The van der Waals surface area contributed by atoms with Crippen molar-refractivity contribution in [3.63, 3.8) is 0 Å². The molecule has 4 nitrogen and oxygen atoms in total. The van der Waals surface area contributed by atoms with E-state index in [-0.39, 0.29) is 4.90 Å². The summed E-state index contributed by atoms with van der Waals surface area (Å²) in [6.45, 7) is 1.90. The standard InChI is InChI=1S/C19H17NO3S2/c1-15-7-13-19(14-8-15)25(22,23)20-16-9-11-18(12-10-16)24(21)17-5-3-2-4-6-17/h2-14,20H,1H3. The van der Waals surface area contributed by atoms with E-state index >= 15 is 0 Å². The molecule has 25 heavy (non-hydrogen) atoms. The van der Waals surface area contributed by atoms with E-state index in [2.05, 4.69) is 4.72 Å². The van der Waals surface area contributed by atoms with Crippen LogP contribution in [0.25, 0.3) is 0 Å². The summed E-state index contributed by atoms with van der Waals surface area (Å²) in [7, 11) is -4.94. The molecule has 1 N–H and O–H groups in total. The molecule has 3 aromatic rings. The van der Waals surface area contributed by atoms with Crippen molar-refractivity contribution in [1.82, 2.24) is 0 Å². The number of nitrogens with one attached hydrogen (secondary N) is 1. The molecule has 6 heteroatoms.